The summed E-state index contributed by atoms with van der Waals surface area (Å²) in [6, 6.07) is 22.3. The van der Waals surface area contributed by atoms with Crippen LogP contribution in [0.4, 0.5) is 5.69 Å². The zero-order chi connectivity index (χ0) is 21.2. The number of hydrogen-bond acceptors (Lipinski definition) is 4. The molecule has 4 heteroatoms. The summed E-state index contributed by atoms with van der Waals surface area (Å²) in [6.45, 7) is 4.88. The van der Waals surface area contributed by atoms with Crippen LogP contribution in [0.15, 0.2) is 77.8 Å². The van der Waals surface area contributed by atoms with Crippen LogP contribution >= 0.6 is 0 Å². The molecule has 154 valence electrons. The Bertz CT molecular complexity index is 976. The topological polar surface area (TPSA) is 47.9 Å². The number of carbonyl (C=O) groups is 1. The average molecular weight is 402 g/mol. The van der Waals surface area contributed by atoms with E-state index in [4.69, 9.17) is 9.47 Å². The van der Waals surface area contributed by atoms with E-state index < -0.39 is 5.97 Å². The van der Waals surface area contributed by atoms with Gasteiger partial charge < -0.3 is 9.47 Å². The molecule has 3 aromatic rings. The number of unbranched alkanes of at least 4 members (excludes halogenated alkanes) is 2. The summed E-state index contributed by atoms with van der Waals surface area (Å²) in [5.41, 5.74) is 3.48. The molecular formula is C26H27NO3. The fourth-order valence-corrected chi connectivity index (χ4v) is 2.87. The lowest BCUT2D eigenvalue weighted by molar-refractivity contribution is 0.0734. The van der Waals surface area contributed by atoms with E-state index in [1.54, 1.807) is 42.6 Å². The standard InChI is InChI=1S/C26H27NO3/c1-3-4-7-18-29-23-16-12-22(13-17-23)26(28)30-24-14-10-21(11-15-24)19-27-25-9-6-5-8-20(25)2/h5-6,8-17,19H,3-4,7,18H2,1-2H3. The molecule has 0 N–H and O–H groups in total. The van der Waals surface area contributed by atoms with Gasteiger partial charge in [-0.1, -0.05) is 38.0 Å². The predicted octanol–water partition coefficient (Wildman–Crippen LogP) is 6.53. The zero-order valence-corrected chi connectivity index (χ0v) is 17.5. The van der Waals surface area contributed by atoms with Gasteiger partial charge in [0.1, 0.15) is 11.5 Å². The van der Waals surface area contributed by atoms with Crippen molar-refractivity contribution in [3.63, 3.8) is 0 Å². The lowest BCUT2D eigenvalue weighted by Crippen LogP contribution is -2.08. The van der Waals surface area contributed by atoms with Crippen molar-refractivity contribution in [1.82, 2.24) is 0 Å². The van der Waals surface area contributed by atoms with Crippen molar-refractivity contribution < 1.29 is 14.3 Å². The number of rotatable bonds is 9. The van der Waals surface area contributed by atoms with Gasteiger partial charge in [-0.05, 0) is 79.1 Å². The van der Waals surface area contributed by atoms with Crippen LogP contribution in [0.2, 0.25) is 0 Å². The molecule has 0 unspecified atom stereocenters. The summed E-state index contributed by atoms with van der Waals surface area (Å²) < 4.78 is 11.1. The first kappa shape index (κ1) is 21.3. The Morgan fingerprint density at radius 1 is 0.900 bits per heavy atom. The smallest absolute Gasteiger partial charge is 0.343 e. The molecule has 4 nitrogen and oxygen atoms in total. The lowest BCUT2D eigenvalue weighted by atomic mass is 10.2. The number of aryl methyl sites for hydroxylation is 1. The highest BCUT2D eigenvalue weighted by Gasteiger charge is 2.09. The molecule has 0 saturated carbocycles. The Hall–Kier alpha value is -3.40. The fraction of sp³-hybridized carbons (Fsp3) is 0.231. The lowest BCUT2D eigenvalue weighted by Gasteiger charge is -2.07. The van der Waals surface area contributed by atoms with Crippen molar-refractivity contribution in [3.8, 4) is 11.5 Å². The molecule has 0 radical (unpaired) electrons. The monoisotopic (exact) mass is 401 g/mol. The van der Waals surface area contributed by atoms with Crippen molar-refractivity contribution >= 4 is 17.9 Å². The zero-order valence-electron chi connectivity index (χ0n) is 17.5. The summed E-state index contributed by atoms with van der Waals surface area (Å²) >= 11 is 0. The first-order chi connectivity index (χ1) is 14.7. The Morgan fingerprint density at radius 2 is 1.60 bits per heavy atom. The minimum Gasteiger partial charge on any atom is -0.494 e. The second-order valence-electron chi connectivity index (χ2n) is 7.08. The number of aliphatic imine (C=N–C) groups is 1. The molecule has 0 aliphatic heterocycles. The number of esters is 1. The van der Waals surface area contributed by atoms with E-state index in [0.717, 1.165) is 41.8 Å². The molecule has 0 aromatic heterocycles. The van der Waals surface area contributed by atoms with Crippen LogP contribution in [0.5, 0.6) is 11.5 Å². The average Bonchev–Trinajstić information content (AvgIpc) is 2.77. The predicted molar refractivity (Wildman–Crippen MR) is 121 cm³/mol. The van der Waals surface area contributed by atoms with Gasteiger partial charge in [0, 0.05) is 6.21 Å². The number of carbonyl (C=O) groups excluding carboxylic acids is 1. The largest absolute Gasteiger partial charge is 0.494 e. The first-order valence-electron chi connectivity index (χ1n) is 10.3. The van der Waals surface area contributed by atoms with Crippen molar-refractivity contribution in [2.24, 2.45) is 4.99 Å². The molecule has 0 amide bonds. The van der Waals surface area contributed by atoms with E-state index in [1.165, 1.54) is 0 Å². The highest BCUT2D eigenvalue weighted by Crippen LogP contribution is 2.19. The van der Waals surface area contributed by atoms with Gasteiger partial charge in [0.25, 0.3) is 0 Å². The van der Waals surface area contributed by atoms with Crippen LogP contribution in [0.1, 0.15) is 47.7 Å². The molecule has 30 heavy (non-hydrogen) atoms. The molecule has 0 spiro atoms. The van der Waals surface area contributed by atoms with Crippen LogP contribution in [-0.2, 0) is 0 Å². The molecule has 0 saturated heterocycles. The molecule has 3 rings (SSSR count). The Kier molecular flexibility index (Phi) is 7.78. The highest BCUT2D eigenvalue weighted by atomic mass is 16.5. The molecular weight excluding hydrogens is 374 g/mol. The maximum Gasteiger partial charge on any atom is 0.343 e. The Balaban J connectivity index is 1.54. The summed E-state index contributed by atoms with van der Waals surface area (Å²) in [7, 11) is 0. The number of nitrogens with zero attached hydrogens (tertiary/aromatic N) is 1. The Labute approximate surface area is 178 Å². The second-order valence-corrected chi connectivity index (χ2v) is 7.08. The van der Waals surface area contributed by atoms with Crippen molar-refractivity contribution in [2.75, 3.05) is 6.61 Å². The van der Waals surface area contributed by atoms with E-state index in [1.807, 2.05) is 43.3 Å². The molecule has 0 bridgehead atoms. The van der Waals surface area contributed by atoms with Crippen LogP contribution < -0.4 is 9.47 Å². The second kappa shape index (κ2) is 11.0. The third kappa shape index (κ3) is 6.31. The van der Waals surface area contributed by atoms with Crippen LogP contribution in [0.25, 0.3) is 0 Å². The number of hydrogen-bond donors (Lipinski definition) is 0. The fourth-order valence-electron chi connectivity index (χ4n) is 2.87. The molecule has 0 atom stereocenters. The maximum atomic E-state index is 12.4. The van der Waals surface area contributed by atoms with Crippen molar-refractivity contribution in [2.45, 2.75) is 33.1 Å². The molecule has 0 heterocycles. The van der Waals surface area contributed by atoms with E-state index in [2.05, 4.69) is 11.9 Å². The van der Waals surface area contributed by atoms with Gasteiger partial charge in [-0.15, -0.1) is 0 Å². The van der Waals surface area contributed by atoms with Gasteiger partial charge in [0.2, 0.25) is 0 Å². The van der Waals surface area contributed by atoms with Crippen molar-refractivity contribution in [3.05, 3.63) is 89.5 Å². The van der Waals surface area contributed by atoms with Gasteiger partial charge in [-0.25, -0.2) is 4.79 Å². The van der Waals surface area contributed by atoms with E-state index >= 15 is 0 Å². The van der Waals surface area contributed by atoms with Gasteiger partial charge in [-0.2, -0.15) is 0 Å². The van der Waals surface area contributed by atoms with Crippen LogP contribution in [0.3, 0.4) is 0 Å². The van der Waals surface area contributed by atoms with E-state index in [-0.39, 0.29) is 0 Å². The SMILES string of the molecule is CCCCCOc1ccc(C(=O)Oc2ccc(C=Nc3ccccc3C)cc2)cc1. The molecule has 0 aliphatic rings. The number of ether oxygens (including phenoxy) is 2. The third-order valence-electron chi connectivity index (χ3n) is 4.67. The summed E-state index contributed by atoms with van der Waals surface area (Å²) in [5.74, 6) is 0.863. The minimum atomic E-state index is -0.395. The van der Waals surface area contributed by atoms with E-state index in [9.17, 15) is 4.79 Å². The van der Waals surface area contributed by atoms with E-state index in [0.29, 0.717) is 17.9 Å². The van der Waals surface area contributed by atoms with Gasteiger partial charge in [0.05, 0.1) is 17.9 Å². The first-order valence-corrected chi connectivity index (χ1v) is 10.3. The summed E-state index contributed by atoms with van der Waals surface area (Å²) in [5, 5.41) is 0. The molecule has 0 fully saturated rings. The third-order valence-corrected chi connectivity index (χ3v) is 4.67. The molecule has 0 aliphatic carbocycles. The van der Waals surface area contributed by atoms with Crippen molar-refractivity contribution in [1.29, 1.82) is 0 Å². The molecule has 3 aromatic carbocycles. The summed E-state index contributed by atoms with van der Waals surface area (Å²) in [4.78, 5) is 16.9. The van der Waals surface area contributed by atoms with Crippen LogP contribution in [-0.4, -0.2) is 18.8 Å². The quantitative estimate of drug-likeness (QED) is 0.177. The highest BCUT2D eigenvalue weighted by molar-refractivity contribution is 5.91. The van der Waals surface area contributed by atoms with Crippen LogP contribution in [0, 0.1) is 6.92 Å². The van der Waals surface area contributed by atoms with Gasteiger partial charge >= 0.3 is 5.97 Å². The normalized spacial score (nSPS) is 10.9. The Morgan fingerprint density at radius 3 is 2.30 bits per heavy atom. The number of benzene rings is 3. The van der Waals surface area contributed by atoms with Gasteiger partial charge in [0.15, 0.2) is 0 Å². The number of para-hydroxylation sites is 1. The summed E-state index contributed by atoms with van der Waals surface area (Å²) in [6.07, 6.45) is 5.15. The minimum absolute atomic E-state index is 0.395. The maximum absolute atomic E-state index is 12.4. The van der Waals surface area contributed by atoms with Gasteiger partial charge in [-0.3, -0.25) is 4.99 Å².